The smallest absolute Gasteiger partial charge is 0.161 e. The summed E-state index contributed by atoms with van der Waals surface area (Å²) in [6, 6.07) is 12.4. The molecule has 0 aliphatic carbocycles. The molecule has 1 aliphatic heterocycles. The van der Waals surface area contributed by atoms with E-state index in [9.17, 15) is 4.39 Å². The van der Waals surface area contributed by atoms with Crippen LogP contribution in [0, 0.1) is 5.82 Å². The van der Waals surface area contributed by atoms with Crippen molar-refractivity contribution < 1.29 is 9.13 Å². The monoisotopic (exact) mass is 520 g/mol. The molecule has 6 heterocycles. The fourth-order valence-electron chi connectivity index (χ4n) is 5.12. The van der Waals surface area contributed by atoms with Crippen molar-refractivity contribution in [1.29, 1.82) is 0 Å². The molecule has 1 aromatic carbocycles. The highest BCUT2D eigenvalue weighted by atomic mass is 19.1. The predicted octanol–water partition coefficient (Wildman–Crippen LogP) is 5.24. The Hall–Kier alpha value is -4.70. The van der Waals surface area contributed by atoms with E-state index >= 15 is 0 Å². The van der Waals surface area contributed by atoms with Crippen molar-refractivity contribution in [3.63, 3.8) is 0 Å². The topological polar surface area (TPSA) is 108 Å². The fourth-order valence-corrected chi connectivity index (χ4v) is 5.12. The summed E-state index contributed by atoms with van der Waals surface area (Å²) < 4.78 is 20.6. The second-order valence-corrected chi connectivity index (χ2v) is 9.62. The van der Waals surface area contributed by atoms with Gasteiger partial charge >= 0.3 is 0 Å². The Kier molecular flexibility index (Phi) is 5.93. The van der Waals surface area contributed by atoms with Crippen LogP contribution in [0.2, 0.25) is 0 Å². The third kappa shape index (κ3) is 4.48. The number of hydrogen-bond acceptors (Lipinski definition) is 7. The molecule has 1 fully saturated rings. The van der Waals surface area contributed by atoms with Crippen molar-refractivity contribution in [2.24, 2.45) is 0 Å². The lowest BCUT2D eigenvalue weighted by molar-refractivity contribution is 0.237. The molecule has 39 heavy (non-hydrogen) atoms. The molecule has 0 bridgehead atoms. The summed E-state index contributed by atoms with van der Waals surface area (Å²) in [5, 5.41) is 8.26. The molecular formula is C29H25FN8O. The van der Waals surface area contributed by atoms with E-state index in [0.29, 0.717) is 46.1 Å². The number of likely N-dealkylation sites (tertiary alicyclic amines) is 1. The number of aromatic nitrogens is 7. The van der Waals surface area contributed by atoms with Gasteiger partial charge in [0.1, 0.15) is 29.4 Å². The first-order chi connectivity index (χ1) is 19.2. The van der Waals surface area contributed by atoms with Gasteiger partial charge in [-0.3, -0.25) is 15.0 Å². The average Bonchev–Trinajstić information content (AvgIpc) is 3.73. The van der Waals surface area contributed by atoms with Crippen LogP contribution in [-0.2, 0) is 0 Å². The third-order valence-corrected chi connectivity index (χ3v) is 7.11. The Morgan fingerprint density at radius 3 is 2.69 bits per heavy atom. The van der Waals surface area contributed by atoms with E-state index in [-0.39, 0.29) is 5.82 Å². The van der Waals surface area contributed by atoms with Crippen molar-refractivity contribution in [3.05, 3.63) is 73.1 Å². The number of pyridine rings is 3. The van der Waals surface area contributed by atoms with Gasteiger partial charge in [0.2, 0.25) is 0 Å². The summed E-state index contributed by atoms with van der Waals surface area (Å²) in [5.74, 6) is 0.927. The van der Waals surface area contributed by atoms with E-state index < -0.39 is 0 Å². The number of hydrogen-bond donors (Lipinski definition) is 2. The normalized spacial score (nSPS) is 14.0. The summed E-state index contributed by atoms with van der Waals surface area (Å²) in [7, 11) is 0. The molecule has 0 spiro atoms. The minimum Gasteiger partial charge on any atom is -0.491 e. The van der Waals surface area contributed by atoms with Crippen molar-refractivity contribution in [2.75, 3.05) is 26.2 Å². The molecule has 0 saturated carbocycles. The van der Waals surface area contributed by atoms with Gasteiger partial charge in [-0.1, -0.05) is 18.2 Å². The molecule has 2 N–H and O–H groups in total. The number of nitrogens with zero attached hydrogens (tertiary/aromatic N) is 6. The summed E-state index contributed by atoms with van der Waals surface area (Å²) in [4.78, 5) is 23.8. The molecule has 1 saturated heterocycles. The van der Waals surface area contributed by atoms with Crippen LogP contribution in [0.15, 0.2) is 67.3 Å². The third-order valence-electron chi connectivity index (χ3n) is 7.11. The highest BCUT2D eigenvalue weighted by molar-refractivity contribution is 5.96. The summed E-state index contributed by atoms with van der Waals surface area (Å²) in [5.41, 5.74) is 5.24. The second kappa shape index (κ2) is 9.88. The van der Waals surface area contributed by atoms with E-state index in [2.05, 4.69) is 35.0 Å². The molecule has 7 rings (SSSR count). The average molecular weight is 521 g/mol. The van der Waals surface area contributed by atoms with Crippen LogP contribution in [0.3, 0.4) is 0 Å². The standard InChI is InChI=1S/C29H25FN8O/c30-24-6-2-1-5-21(24)22-7-8-32-28-25(22)34-29(35-28)26-23-14-19(16-33-27(23)37-36-26)18-13-20(17-31-15-18)39-12-11-38-9-3-4-10-38/h1-2,5-8,13-17H,3-4,9-12H2,(H,32,34,35)(H,33,36,37). The zero-order chi connectivity index (χ0) is 26.2. The van der Waals surface area contributed by atoms with Gasteiger partial charge in [0.25, 0.3) is 0 Å². The number of ether oxygens (including phenoxy) is 1. The minimum atomic E-state index is -0.315. The highest BCUT2D eigenvalue weighted by Crippen LogP contribution is 2.33. The first kappa shape index (κ1) is 23.4. The van der Waals surface area contributed by atoms with Gasteiger partial charge < -0.3 is 9.72 Å². The Labute approximate surface area is 223 Å². The molecule has 5 aromatic heterocycles. The van der Waals surface area contributed by atoms with Crippen LogP contribution in [0.5, 0.6) is 5.75 Å². The van der Waals surface area contributed by atoms with E-state index in [1.165, 1.54) is 18.9 Å². The minimum absolute atomic E-state index is 0.315. The van der Waals surface area contributed by atoms with E-state index in [1.807, 2.05) is 12.1 Å². The van der Waals surface area contributed by atoms with Crippen LogP contribution >= 0.6 is 0 Å². The molecule has 10 heteroatoms. The lowest BCUT2D eigenvalue weighted by atomic mass is 10.1. The first-order valence-corrected chi connectivity index (χ1v) is 13.0. The van der Waals surface area contributed by atoms with E-state index in [0.717, 1.165) is 41.9 Å². The molecule has 6 aromatic rings. The van der Waals surface area contributed by atoms with Crippen molar-refractivity contribution in [1.82, 2.24) is 40.0 Å². The number of aromatic amines is 2. The van der Waals surface area contributed by atoms with Crippen LogP contribution in [0.1, 0.15) is 12.8 Å². The number of imidazole rings is 1. The van der Waals surface area contributed by atoms with Gasteiger partial charge in [0.15, 0.2) is 17.1 Å². The van der Waals surface area contributed by atoms with Crippen LogP contribution in [0.4, 0.5) is 4.39 Å². The number of halogens is 1. The molecule has 194 valence electrons. The van der Waals surface area contributed by atoms with Gasteiger partial charge in [0, 0.05) is 47.4 Å². The zero-order valence-electron chi connectivity index (χ0n) is 21.1. The fraction of sp³-hybridized carbons (Fsp3) is 0.207. The lowest BCUT2D eigenvalue weighted by Crippen LogP contribution is -2.25. The highest BCUT2D eigenvalue weighted by Gasteiger charge is 2.18. The Morgan fingerprint density at radius 2 is 1.79 bits per heavy atom. The first-order valence-electron chi connectivity index (χ1n) is 13.0. The predicted molar refractivity (Wildman–Crippen MR) is 147 cm³/mol. The second-order valence-electron chi connectivity index (χ2n) is 9.62. The summed E-state index contributed by atoms with van der Waals surface area (Å²) >= 11 is 0. The molecule has 0 unspecified atom stereocenters. The summed E-state index contributed by atoms with van der Waals surface area (Å²) in [6.07, 6.45) is 9.48. The quantitative estimate of drug-likeness (QED) is 0.296. The number of benzene rings is 1. The number of rotatable bonds is 7. The number of fused-ring (bicyclic) bond motifs is 2. The van der Waals surface area contributed by atoms with Crippen LogP contribution in [0.25, 0.3) is 56.0 Å². The molecule has 0 amide bonds. The van der Waals surface area contributed by atoms with Crippen LogP contribution in [-0.4, -0.2) is 66.3 Å². The van der Waals surface area contributed by atoms with Crippen molar-refractivity contribution in [2.45, 2.75) is 12.8 Å². The SMILES string of the molecule is Fc1ccccc1-c1ccnc2[nH]c(-c3n[nH]c4ncc(-c5cncc(OCCN6CCCC6)c5)cc34)nc12. The maximum atomic E-state index is 14.6. The molecule has 1 aliphatic rings. The lowest BCUT2D eigenvalue weighted by Gasteiger charge is -2.15. The van der Waals surface area contributed by atoms with Gasteiger partial charge in [-0.25, -0.2) is 19.3 Å². The maximum Gasteiger partial charge on any atom is 0.161 e. The Morgan fingerprint density at radius 1 is 0.923 bits per heavy atom. The molecular weight excluding hydrogens is 495 g/mol. The number of H-pyrrole nitrogens is 2. The van der Waals surface area contributed by atoms with Gasteiger partial charge in [-0.2, -0.15) is 5.10 Å². The largest absolute Gasteiger partial charge is 0.491 e. The van der Waals surface area contributed by atoms with E-state index in [1.54, 1.807) is 49.1 Å². The van der Waals surface area contributed by atoms with Gasteiger partial charge in [-0.05, 0) is 50.2 Å². The van der Waals surface area contributed by atoms with Gasteiger partial charge in [0.05, 0.1) is 11.6 Å². The molecule has 0 atom stereocenters. The Bertz CT molecular complexity index is 1790. The number of nitrogens with one attached hydrogen (secondary N) is 2. The van der Waals surface area contributed by atoms with E-state index in [4.69, 9.17) is 9.72 Å². The summed E-state index contributed by atoms with van der Waals surface area (Å²) in [6.45, 7) is 3.84. The maximum absolute atomic E-state index is 14.6. The zero-order valence-corrected chi connectivity index (χ0v) is 21.1. The van der Waals surface area contributed by atoms with Crippen LogP contribution < -0.4 is 4.74 Å². The van der Waals surface area contributed by atoms with Gasteiger partial charge in [-0.15, -0.1) is 0 Å². The van der Waals surface area contributed by atoms with Crippen molar-refractivity contribution in [3.8, 4) is 39.5 Å². The Balaban J connectivity index is 1.21. The molecule has 9 nitrogen and oxygen atoms in total. The van der Waals surface area contributed by atoms with Crippen molar-refractivity contribution >= 4 is 22.2 Å². The molecule has 0 radical (unpaired) electrons.